The molecule has 1 aliphatic rings. The van der Waals surface area contributed by atoms with Gasteiger partial charge in [0.25, 0.3) is 0 Å². The third kappa shape index (κ3) is 5.26. The number of para-hydroxylation sites is 2. The number of nitrogens with zero attached hydrogens (tertiary/aromatic N) is 3. The molecule has 1 aliphatic heterocycles. The van der Waals surface area contributed by atoms with Crippen LogP contribution in [-0.2, 0) is 0 Å². The number of thiophene rings is 2. The van der Waals surface area contributed by atoms with Crippen molar-refractivity contribution in [3.63, 3.8) is 0 Å². The molecular formula is C51H32N4S2. The molecule has 0 fully saturated rings. The van der Waals surface area contributed by atoms with Crippen molar-refractivity contribution in [2.75, 3.05) is 0 Å². The number of nitrogens with one attached hydrogen (secondary N) is 1. The summed E-state index contributed by atoms with van der Waals surface area (Å²) in [6.07, 6.45) is -0.241. The van der Waals surface area contributed by atoms with Crippen molar-refractivity contribution in [3.05, 3.63) is 199 Å². The minimum absolute atomic E-state index is 0.241. The Kier molecular flexibility index (Phi) is 7.30. The molecule has 11 aromatic rings. The van der Waals surface area contributed by atoms with Crippen LogP contribution >= 0.6 is 22.7 Å². The van der Waals surface area contributed by atoms with Crippen LogP contribution < -0.4 is 5.32 Å². The lowest BCUT2D eigenvalue weighted by Crippen LogP contribution is -2.33. The Morgan fingerprint density at radius 2 is 1.04 bits per heavy atom. The number of benzene rings is 8. The van der Waals surface area contributed by atoms with Gasteiger partial charge in [-0.1, -0.05) is 140 Å². The van der Waals surface area contributed by atoms with Gasteiger partial charge in [-0.3, -0.25) is 0 Å². The Hall–Kier alpha value is -6.86. The third-order valence-electron chi connectivity index (χ3n) is 11.3. The molecule has 0 amide bonds. The van der Waals surface area contributed by atoms with E-state index in [0.717, 1.165) is 28.4 Å². The van der Waals surface area contributed by atoms with E-state index in [-0.39, 0.29) is 6.17 Å². The van der Waals surface area contributed by atoms with Gasteiger partial charge in [0.1, 0.15) is 12.0 Å². The van der Waals surface area contributed by atoms with Gasteiger partial charge >= 0.3 is 0 Å². The van der Waals surface area contributed by atoms with Crippen LogP contribution in [0.1, 0.15) is 22.9 Å². The van der Waals surface area contributed by atoms with E-state index < -0.39 is 0 Å². The summed E-state index contributed by atoms with van der Waals surface area (Å²) in [5.74, 6) is 1.57. The first-order chi connectivity index (χ1) is 28.2. The lowest BCUT2D eigenvalue weighted by Gasteiger charge is -2.24. The molecule has 0 saturated heterocycles. The molecule has 4 heterocycles. The van der Waals surface area contributed by atoms with E-state index in [1.807, 2.05) is 46.9 Å². The van der Waals surface area contributed by atoms with Gasteiger partial charge in [0.2, 0.25) is 0 Å². The smallest absolute Gasteiger partial charge is 0.159 e. The molecule has 0 aliphatic carbocycles. The van der Waals surface area contributed by atoms with Crippen LogP contribution in [0.2, 0.25) is 0 Å². The van der Waals surface area contributed by atoms with Gasteiger partial charge < -0.3 is 9.88 Å². The van der Waals surface area contributed by atoms with Gasteiger partial charge in [-0.25, -0.2) is 9.98 Å². The maximum atomic E-state index is 5.14. The minimum atomic E-state index is -0.241. The fourth-order valence-corrected chi connectivity index (χ4v) is 11.0. The van der Waals surface area contributed by atoms with E-state index >= 15 is 0 Å². The molecule has 1 unspecified atom stereocenters. The summed E-state index contributed by atoms with van der Waals surface area (Å²) in [5, 5.41) is 11.3. The Morgan fingerprint density at radius 1 is 0.456 bits per heavy atom. The Bertz CT molecular complexity index is 3390. The topological polar surface area (TPSA) is 41.7 Å². The van der Waals surface area contributed by atoms with E-state index in [1.54, 1.807) is 0 Å². The van der Waals surface area contributed by atoms with Crippen LogP contribution in [0.15, 0.2) is 192 Å². The molecule has 6 heteroatoms. The number of aliphatic imine (C=N–C) groups is 2. The van der Waals surface area contributed by atoms with Crippen molar-refractivity contribution >= 4 is 96.5 Å². The fourth-order valence-electron chi connectivity index (χ4n) is 8.56. The molecule has 12 rings (SSSR count). The van der Waals surface area contributed by atoms with Crippen molar-refractivity contribution < 1.29 is 0 Å². The predicted octanol–water partition coefficient (Wildman–Crippen LogP) is 13.7. The number of hydrogen-bond donors (Lipinski definition) is 1. The van der Waals surface area contributed by atoms with Crippen LogP contribution in [0.4, 0.5) is 0 Å². The zero-order valence-corrected chi connectivity index (χ0v) is 32.2. The van der Waals surface area contributed by atoms with Gasteiger partial charge in [0.15, 0.2) is 5.84 Å². The number of fused-ring (bicyclic) bond motifs is 9. The fraction of sp³-hybridized carbons (Fsp3) is 0.0196. The first kappa shape index (κ1) is 32.4. The molecule has 0 spiro atoms. The maximum Gasteiger partial charge on any atom is 0.159 e. The SMILES string of the molecule is c1ccc(C2=NC(c3ccccc3)NC(c3cccc4c3sc3cc(-c5ccc6c(c5)sc5cc(-n7c8ccccc8c8ccccc87)ccc56)ccc34)=N2)cc1. The molecule has 4 nitrogen and oxygen atoms in total. The molecule has 268 valence electrons. The molecule has 0 saturated carbocycles. The standard InChI is InChI=1S/C51H32N4S2/c1-3-12-31(13-4-1)49-52-50(32-14-5-2-6-15-32)54-51(53-49)42-19-11-18-41-40-26-23-34(29-46(40)57-48(41)42)33-22-25-38-39-27-24-35(30-47(39)56-45(38)28-33)55-43-20-9-7-16-36(43)37-17-8-10-21-44(37)55/h1-30,49H,(H,52,53,54). The van der Waals surface area contributed by atoms with E-state index in [4.69, 9.17) is 9.98 Å². The number of hydrogen-bond acceptors (Lipinski definition) is 5. The minimum Gasteiger partial charge on any atom is -0.344 e. The van der Waals surface area contributed by atoms with E-state index in [2.05, 4.69) is 168 Å². The summed E-state index contributed by atoms with van der Waals surface area (Å²) in [6, 6.07) is 65.5. The van der Waals surface area contributed by atoms with Crippen molar-refractivity contribution in [2.45, 2.75) is 6.17 Å². The van der Waals surface area contributed by atoms with E-state index in [9.17, 15) is 0 Å². The highest BCUT2D eigenvalue weighted by molar-refractivity contribution is 7.26. The third-order valence-corrected chi connectivity index (χ3v) is 13.6. The summed E-state index contributed by atoms with van der Waals surface area (Å²) in [4.78, 5) is 10.2. The Morgan fingerprint density at radius 3 is 1.75 bits per heavy atom. The van der Waals surface area contributed by atoms with Crippen molar-refractivity contribution in [1.29, 1.82) is 0 Å². The average molecular weight is 765 g/mol. The Labute approximate surface area is 336 Å². The molecular weight excluding hydrogens is 733 g/mol. The average Bonchev–Trinajstić information content (AvgIpc) is 3.95. The molecule has 8 aromatic carbocycles. The Balaban J connectivity index is 0.930. The first-order valence-electron chi connectivity index (χ1n) is 19.2. The second-order valence-corrected chi connectivity index (χ2v) is 16.7. The largest absolute Gasteiger partial charge is 0.344 e. The normalized spacial score (nSPS) is 14.5. The monoisotopic (exact) mass is 764 g/mol. The highest BCUT2D eigenvalue weighted by Crippen LogP contribution is 2.42. The van der Waals surface area contributed by atoms with Crippen LogP contribution in [0.5, 0.6) is 0 Å². The lowest BCUT2D eigenvalue weighted by atomic mass is 10.0. The maximum absolute atomic E-state index is 5.14. The predicted molar refractivity (Wildman–Crippen MR) is 244 cm³/mol. The zero-order chi connectivity index (χ0) is 37.5. The van der Waals surface area contributed by atoms with Gasteiger partial charge in [0.05, 0.1) is 11.0 Å². The summed E-state index contributed by atoms with van der Waals surface area (Å²) in [7, 11) is 0. The van der Waals surface area contributed by atoms with Crippen molar-refractivity contribution in [2.24, 2.45) is 9.98 Å². The molecule has 0 bridgehead atoms. The summed E-state index contributed by atoms with van der Waals surface area (Å²) in [6.45, 7) is 0. The molecule has 0 radical (unpaired) electrons. The van der Waals surface area contributed by atoms with Crippen LogP contribution in [0, 0.1) is 0 Å². The second-order valence-electron chi connectivity index (χ2n) is 14.6. The lowest BCUT2D eigenvalue weighted by molar-refractivity contribution is 0.674. The zero-order valence-electron chi connectivity index (χ0n) is 30.6. The summed E-state index contributed by atoms with van der Waals surface area (Å²) >= 11 is 3.71. The number of rotatable bonds is 5. The molecule has 1 N–H and O–H groups in total. The highest BCUT2D eigenvalue weighted by atomic mass is 32.1. The summed E-state index contributed by atoms with van der Waals surface area (Å²) < 4.78 is 7.47. The number of amidine groups is 2. The van der Waals surface area contributed by atoms with Crippen molar-refractivity contribution in [3.8, 4) is 16.8 Å². The van der Waals surface area contributed by atoms with Crippen LogP contribution in [0.25, 0.3) is 79.0 Å². The molecule has 57 heavy (non-hydrogen) atoms. The first-order valence-corrected chi connectivity index (χ1v) is 20.8. The number of aromatic nitrogens is 1. The highest BCUT2D eigenvalue weighted by Gasteiger charge is 2.23. The molecule has 1 atom stereocenters. The van der Waals surface area contributed by atoms with Crippen LogP contribution in [-0.4, -0.2) is 16.2 Å². The van der Waals surface area contributed by atoms with Gasteiger partial charge in [-0.2, -0.15) is 0 Å². The summed E-state index contributed by atoms with van der Waals surface area (Å²) in [5.41, 5.74) is 9.29. The quantitative estimate of drug-likeness (QED) is 0.186. The second kappa shape index (κ2) is 12.8. The van der Waals surface area contributed by atoms with Crippen LogP contribution in [0.3, 0.4) is 0 Å². The molecule has 3 aromatic heterocycles. The van der Waals surface area contributed by atoms with Crippen molar-refractivity contribution in [1.82, 2.24) is 9.88 Å². The van der Waals surface area contributed by atoms with E-state index in [0.29, 0.717) is 0 Å². The van der Waals surface area contributed by atoms with Gasteiger partial charge in [-0.05, 0) is 59.2 Å². The van der Waals surface area contributed by atoms with E-state index in [1.165, 1.54) is 79.0 Å². The van der Waals surface area contributed by atoms with Gasteiger partial charge in [-0.15, -0.1) is 22.7 Å². The van der Waals surface area contributed by atoms with Gasteiger partial charge in [0, 0.05) is 67.9 Å².